The molecule has 0 saturated carbocycles. The Labute approximate surface area is 219 Å². The number of ether oxygens (including phenoxy) is 2. The summed E-state index contributed by atoms with van der Waals surface area (Å²) in [5.41, 5.74) is 8.42. The Balaban J connectivity index is 0.00000228. The molecule has 1 atom stereocenters. The normalized spacial score (nSPS) is 11.2. The highest BCUT2D eigenvalue weighted by molar-refractivity contribution is 6.06. The van der Waals surface area contributed by atoms with Gasteiger partial charge in [0.1, 0.15) is 36.2 Å². The summed E-state index contributed by atoms with van der Waals surface area (Å²) < 4.78 is 38.8. The van der Waals surface area contributed by atoms with Gasteiger partial charge in [-0.05, 0) is 42.8 Å². The molecule has 4 rings (SSSR count). The van der Waals surface area contributed by atoms with E-state index >= 15 is 0 Å². The van der Waals surface area contributed by atoms with Gasteiger partial charge in [-0.2, -0.15) is 0 Å². The monoisotopic (exact) mass is 535 g/mol. The van der Waals surface area contributed by atoms with E-state index in [0.29, 0.717) is 17.6 Å². The van der Waals surface area contributed by atoms with Crippen molar-refractivity contribution in [2.45, 2.75) is 26.0 Å². The van der Waals surface area contributed by atoms with Crippen molar-refractivity contribution in [1.29, 1.82) is 0 Å². The smallest absolute Gasteiger partial charge is 0.342 e. The highest BCUT2D eigenvalue weighted by atomic mass is 35.5. The lowest BCUT2D eigenvalue weighted by Crippen LogP contribution is -2.31. The van der Waals surface area contributed by atoms with Gasteiger partial charge in [0.15, 0.2) is 0 Å². The first-order chi connectivity index (χ1) is 16.4. The average Bonchev–Trinajstić information content (AvgIpc) is 2.83. The number of fused-ring (bicyclic) bond motifs is 1. The third-order valence-corrected chi connectivity index (χ3v) is 5.21. The van der Waals surface area contributed by atoms with Crippen LogP contribution in [-0.2, 0) is 17.8 Å². The molecule has 2 heterocycles. The van der Waals surface area contributed by atoms with Gasteiger partial charge in [-0.3, -0.25) is 9.97 Å². The van der Waals surface area contributed by atoms with E-state index in [4.69, 9.17) is 15.2 Å². The van der Waals surface area contributed by atoms with E-state index in [0.717, 1.165) is 11.8 Å². The van der Waals surface area contributed by atoms with Crippen LogP contribution in [0, 0.1) is 18.6 Å². The Morgan fingerprint density at radius 1 is 1.06 bits per heavy atom. The molecule has 0 aliphatic carbocycles. The lowest BCUT2D eigenvalue weighted by Gasteiger charge is -2.17. The first kappa shape index (κ1) is 28.9. The Bertz CT molecular complexity index is 1330. The minimum Gasteiger partial charge on any atom is -0.491 e. The number of pyridine rings is 2. The number of nitrogens with two attached hydrogens (primary N) is 1. The van der Waals surface area contributed by atoms with E-state index in [9.17, 15) is 13.6 Å². The summed E-state index contributed by atoms with van der Waals surface area (Å²) in [5.74, 6) is -1.43. The van der Waals surface area contributed by atoms with Crippen LogP contribution in [0.1, 0.15) is 27.3 Å². The standard InChI is InChI=1S/C26H23F2N3O3.2ClH/c1-16-22(28)8-7-20(31-16)12-19(29)15-33-24-10-9-23-21(11-18(27)13-30-23)25(24)26(32)34-14-17-5-3-2-4-6-17;;/h2-11,13,19H,12,14-15,29H2,1H3;2*1H/t19-;;/m1../s1. The van der Waals surface area contributed by atoms with Gasteiger partial charge in [0.25, 0.3) is 0 Å². The van der Waals surface area contributed by atoms with E-state index < -0.39 is 17.8 Å². The van der Waals surface area contributed by atoms with Gasteiger partial charge >= 0.3 is 5.97 Å². The quantitative estimate of drug-likeness (QED) is 0.305. The molecule has 2 aromatic heterocycles. The molecule has 10 heteroatoms. The predicted molar refractivity (Wildman–Crippen MR) is 138 cm³/mol. The molecule has 0 aliphatic heterocycles. The van der Waals surface area contributed by atoms with Gasteiger partial charge in [-0.1, -0.05) is 30.3 Å². The van der Waals surface area contributed by atoms with Gasteiger partial charge in [0.2, 0.25) is 0 Å². The molecule has 0 radical (unpaired) electrons. The fourth-order valence-corrected chi connectivity index (χ4v) is 3.51. The zero-order valence-corrected chi connectivity index (χ0v) is 21.0. The van der Waals surface area contributed by atoms with Gasteiger partial charge < -0.3 is 15.2 Å². The van der Waals surface area contributed by atoms with Crippen molar-refractivity contribution in [1.82, 2.24) is 9.97 Å². The Morgan fingerprint density at radius 3 is 2.53 bits per heavy atom. The summed E-state index contributed by atoms with van der Waals surface area (Å²) in [7, 11) is 0. The van der Waals surface area contributed by atoms with Crippen LogP contribution in [0.15, 0.2) is 66.9 Å². The molecule has 36 heavy (non-hydrogen) atoms. The van der Waals surface area contributed by atoms with Crippen molar-refractivity contribution >= 4 is 41.7 Å². The zero-order valence-electron chi connectivity index (χ0n) is 19.3. The lowest BCUT2D eigenvalue weighted by molar-refractivity contribution is 0.0470. The average molecular weight is 536 g/mol. The van der Waals surface area contributed by atoms with E-state index in [1.165, 1.54) is 12.1 Å². The van der Waals surface area contributed by atoms with Crippen LogP contribution in [0.4, 0.5) is 8.78 Å². The Kier molecular flexibility index (Phi) is 10.5. The van der Waals surface area contributed by atoms with Crippen molar-refractivity contribution in [3.05, 3.63) is 101 Å². The molecule has 2 aromatic carbocycles. The van der Waals surface area contributed by atoms with Crippen LogP contribution >= 0.6 is 24.8 Å². The fourth-order valence-electron chi connectivity index (χ4n) is 3.51. The van der Waals surface area contributed by atoms with Crippen molar-refractivity contribution < 1.29 is 23.0 Å². The minimum absolute atomic E-state index is 0. The maximum Gasteiger partial charge on any atom is 0.342 e. The van der Waals surface area contributed by atoms with E-state index in [1.54, 1.807) is 25.1 Å². The number of rotatable bonds is 8. The van der Waals surface area contributed by atoms with Gasteiger partial charge in [0.05, 0.1) is 17.4 Å². The number of aromatic nitrogens is 2. The number of halogens is 4. The molecule has 0 amide bonds. The molecular formula is C26H25Cl2F2N3O3. The van der Waals surface area contributed by atoms with Crippen molar-refractivity contribution in [3.8, 4) is 5.75 Å². The van der Waals surface area contributed by atoms with E-state index in [2.05, 4.69) is 9.97 Å². The summed E-state index contributed by atoms with van der Waals surface area (Å²) in [4.78, 5) is 21.3. The highest BCUT2D eigenvalue weighted by Crippen LogP contribution is 2.29. The second kappa shape index (κ2) is 13.1. The molecule has 0 spiro atoms. The number of nitrogens with zero attached hydrogens (tertiary/aromatic N) is 2. The van der Waals surface area contributed by atoms with Gasteiger partial charge in [-0.15, -0.1) is 24.8 Å². The van der Waals surface area contributed by atoms with Crippen molar-refractivity contribution in [2.24, 2.45) is 5.73 Å². The molecule has 0 fully saturated rings. The molecule has 0 bridgehead atoms. The summed E-state index contributed by atoms with van der Waals surface area (Å²) >= 11 is 0. The molecule has 0 aliphatic rings. The number of carbonyl (C=O) groups excluding carboxylic acids is 1. The van der Waals surface area contributed by atoms with Crippen LogP contribution in [0.25, 0.3) is 10.9 Å². The number of benzene rings is 2. The van der Waals surface area contributed by atoms with Crippen LogP contribution in [-0.4, -0.2) is 28.6 Å². The van der Waals surface area contributed by atoms with E-state index in [1.807, 2.05) is 30.3 Å². The summed E-state index contributed by atoms with van der Waals surface area (Å²) in [6.45, 7) is 1.68. The number of hydrogen-bond donors (Lipinski definition) is 1. The first-order valence-corrected chi connectivity index (χ1v) is 10.7. The van der Waals surface area contributed by atoms with E-state index in [-0.39, 0.29) is 66.2 Å². The molecule has 0 unspecified atom stereocenters. The molecular weight excluding hydrogens is 511 g/mol. The van der Waals surface area contributed by atoms with Gasteiger partial charge in [0, 0.05) is 23.5 Å². The zero-order chi connectivity index (χ0) is 24.1. The largest absolute Gasteiger partial charge is 0.491 e. The SMILES string of the molecule is Cc1nc(C[C@@H](N)COc2ccc3ncc(F)cc3c2C(=O)OCc2ccccc2)ccc1F.Cl.Cl. The summed E-state index contributed by atoms with van der Waals surface area (Å²) in [5, 5.41) is 0.278. The van der Waals surface area contributed by atoms with Gasteiger partial charge in [-0.25, -0.2) is 13.6 Å². The van der Waals surface area contributed by atoms with Crippen LogP contribution in [0.3, 0.4) is 0 Å². The maximum atomic E-state index is 14.0. The third-order valence-electron chi connectivity index (χ3n) is 5.21. The molecule has 190 valence electrons. The molecule has 2 N–H and O–H groups in total. The molecule has 4 aromatic rings. The fraction of sp³-hybridized carbons (Fsp3) is 0.192. The summed E-state index contributed by atoms with van der Waals surface area (Å²) in [6.07, 6.45) is 1.42. The summed E-state index contributed by atoms with van der Waals surface area (Å²) in [6, 6.07) is 16.1. The maximum absolute atomic E-state index is 14.0. The highest BCUT2D eigenvalue weighted by Gasteiger charge is 2.21. The molecule has 0 saturated heterocycles. The predicted octanol–water partition coefficient (Wildman–Crippen LogP) is 5.37. The van der Waals surface area contributed by atoms with Crippen molar-refractivity contribution in [3.63, 3.8) is 0 Å². The third kappa shape index (κ3) is 7.10. The van der Waals surface area contributed by atoms with Crippen molar-refractivity contribution in [2.75, 3.05) is 6.61 Å². The second-order valence-corrected chi connectivity index (χ2v) is 7.87. The number of aryl methyl sites for hydroxylation is 1. The number of carbonyl (C=O) groups is 1. The topological polar surface area (TPSA) is 87.3 Å². The minimum atomic E-state index is -0.666. The number of esters is 1. The Morgan fingerprint density at radius 2 is 1.81 bits per heavy atom. The molecule has 6 nitrogen and oxygen atoms in total. The van der Waals surface area contributed by atoms with Crippen LogP contribution < -0.4 is 10.5 Å². The first-order valence-electron chi connectivity index (χ1n) is 10.7. The van der Waals surface area contributed by atoms with Crippen LogP contribution in [0.5, 0.6) is 5.75 Å². The number of hydrogen-bond acceptors (Lipinski definition) is 6. The lowest BCUT2D eigenvalue weighted by atomic mass is 10.1. The second-order valence-electron chi connectivity index (χ2n) is 7.87. The Hall–Kier alpha value is -3.33. The van der Waals surface area contributed by atoms with Crippen LogP contribution in [0.2, 0.25) is 0 Å².